The summed E-state index contributed by atoms with van der Waals surface area (Å²) >= 11 is 0. The molecular weight excluding hydrogens is 522 g/mol. The summed E-state index contributed by atoms with van der Waals surface area (Å²) in [5.41, 5.74) is 1.17. The van der Waals surface area contributed by atoms with Crippen molar-refractivity contribution in [1.82, 2.24) is 0 Å². The van der Waals surface area contributed by atoms with E-state index >= 15 is 0 Å². The van der Waals surface area contributed by atoms with Crippen LogP contribution in [0.3, 0.4) is 0 Å². The van der Waals surface area contributed by atoms with Crippen molar-refractivity contribution in [3.05, 3.63) is 35.9 Å². The Hall–Kier alpha value is 1.14. The molecule has 0 saturated heterocycles. The van der Waals surface area contributed by atoms with Crippen LogP contribution in [0.2, 0.25) is 0 Å². The van der Waals surface area contributed by atoms with Gasteiger partial charge in [-0.1, -0.05) is 24.3 Å². The molecule has 1 heterocycles. The van der Waals surface area contributed by atoms with Gasteiger partial charge in [-0.3, -0.25) is 0 Å². The molecule has 0 spiro atoms. The molecule has 14 heavy (non-hydrogen) atoms. The van der Waals surface area contributed by atoms with Crippen molar-refractivity contribution in [2.45, 2.75) is 0 Å². The topological polar surface area (TPSA) is 9.23 Å². The van der Waals surface area contributed by atoms with Crippen molar-refractivity contribution in [1.29, 1.82) is 0 Å². The first kappa shape index (κ1) is 20.5. The van der Waals surface area contributed by atoms with E-state index in [9.17, 15) is 0 Å². The Morgan fingerprint density at radius 3 is 2.43 bits per heavy atom. The van der Waals surface area contributed by atoms with Crippen LogP contribution in [0.15, 0.2) is 30.3 Å². The maximum Gasteiger partial charge on any atom is 0.126 e. The van der Waals surface area contributed by atoms with Crippen molar-refractivity contribution in [3.63, 3.8) is 0 Å². The molecule has 1 nitrogen and oxygen atoms in total. The fourth-order valence-electron chi connectivity index (χ4n) is 1.06. The Kier molecular flexibility index (Phi) is 15.6. The molecule has 81 valence electrons. The molecule has 5 heteroatoms. The molecule has 0 unspecified atom stereocenters. The number of benzene rings is 1. The molecule has 1 aliphatic heterocycles. The van der Waals surface area contributed by atoms with E-state index in [1.807, 2.05) is 30.3 Å². The molecule has 2 rings (SSSR count). The number of rotatable bonds is 0. The Balaban J connectivity index is -0.000000302. The predicted octanol–water partition coefficient (Wildman–Crippen LogP) is 2.08. The summed E-state index contributed by atoms with van der Waals surface area (Å²) in [4.78, 5) is 0. The Morgan fingerprint density at radius 1 is 1.14 bits per heavy atom. The van der Waals surface area contributed by atoms with Crippen molar-refractivity contribution < 1.29 is 80.1 Å². The van der Waals surface area contributed by atoms with E-state index in [0.717, 1.165) is 5.75 Å². The molecule has 1 radical (unpaired) electrons. The van der Waals surface area contributed by atoms with Gasteiger partial charge >= 0.3 is 0 Å². The summed E-state index contributed by atoms with van der Waals surface area (Å²) in [6.45, 7) is 0.705. The van der Waals surface area contributed by atoms with E-state index in [1.54, 1.807) is 0 Å². The zero-order valence-corrected chi connectivity index (χ0v) is 14.0. The van der Waals surface area contributed by atoms with Gasteiger partial charge in [0.1, 0.15) is 12.4 Å². The first-order valence-electron chi connectivity index (χ1n) is 3.35. The average molecular weight is 530 g/mol. The van der Waals surface area contributed by atoms with E-state index in [1.165, 1.54) is 5.56 Å². The molecule has 0 atom stereocenters. The van der Waals surface area contributed by atoms with Gasteiger partial charge in [0.2, 0.25) is 0 Å². The average Bonchev–Trinajstić information content (AvgIpc) is 2.05. The SMILES string of the molecule is C1=Cc2ccccc2OC1.[Co].[Mo].[Ni].[W]. The Morgan fingerprint density at radius 2 is 1.79 bits per heavy atom. The van der Waals surface area contributed by atoms with Gasteiger partial charge in [-0.15, -0.1) is 0 Å². The van der Waals surface area contributed by atoms with Crippen molar-refractivity contribution >= 4 is 6.08 Å². The predicted molar refractivity (Wildman–Crippen MR) is 41.0 cm³/mol. The molecule has 0 saturated carbocycles. The van der Waals surface area contributed by atoms with Crippen LogP contribution in [0.25, 0.3) is 6.08 Å². The van der Waals surface area contributed by atoms with E-state index in [-0.39, 0.29) is 75.4 Å². The molecule has 0 bridgehead atoms. The minimum atomic E-state index is 0. The third-order valence-electron chi connectivity index (χ3n) is 1.55. The van der Waals surface area contributed by atoms with Crippen LogP contribution in [0.1, 0.15) is 5.56 Å². The largest absolute Gasteiger partial charge is 0.489 e. The first-order valence-corrected chi connectivity index (χ1v) is 3.35. The molecule has 1 aromatic rings. The minimum absolute atomic E-state index is 0. The number of fused-ring (bicyclic) bond motifs is 1. The second-order valence-electron chi connectivity index (χ2n) is 2.25. The van der Waals surface area contributed by atoms with Crippen molar-refractivity contribution in [2.75, 3.05) is 6.61 Å². The maximum atomic E-state index is 5.34. The fraction of sp³-hybridized carbons (Fsp3) is 0.111. The Labute approximate surface area is 133 Å². The standard InChI is InChI=1S/C9H8O.Co.Mo.Ni.W/c1-2-6-9-8(4-1)5-3-7-10-9;;;;/h1-6H,7H2;;;;. The van der Waals surface area contributed by atoms with Crippen LogP contribution in [-0.2, 0) is 75.4 Å². The maximum absolute atomic E-state index is 5.34. The van der Waals surface area contributed by atoms with Crippen LogP contribution in [-0.4, -0.2) is 6.61 Å². The molecular formula is C9H8CoMoNiOW. The van der Waals surface area contributed by atoms with Crippen LogP contribution < -0.4 is 4.74 Å². The second kappa shape index (κ2) is 10.6. The molecule has 0 aromatic heterocycles. The van der Waals surface area contributed by atoms with Gasteiger partial charge in [0.05, 0.1) is 0 Å². The minimum Gasteiger partial charge on any atom is -0.489 e. The summed E-state index contributed by atoms with van der Waals surface area (Å²) < 4.78 is 5.34. The van der Waals surface area contributed by atoms with E-state index in [4.69, 9.17) is 4.74 Å². The third-order valence-corrected chi connectivity index (χ3v) is 1.55. The van der Waals surface area contributed by atoms with Gasteiger partial charge in [-0.2, -0.15) is 0 Å². The summed E-state index contributed by atoms with van der Waals surface area (Å²) in [6.07, 6.45) is 4.10. The van der Waals surface area contributed by atoms with Crippen LogP contribution >= 0.6 is 0 Å². The molecule has 0 fully saturated rings. The summed E-state index contributed by atoms with van der Waals surface area (Å²) in [5, 5.41) is 0. The van der Waals surface area contributed by atoms with Gasteiger partial charge in [0.25, 0.3) is 0 Å². The van der Waals surface area contributed by atoms with E-state index < -0.39 is 0 Å². The summed E-state index contributed by atoms with van der Waals surface area (Å²) in [5.74, 6) is 0.991. The van der Waals surface area contributed by atoms with Gasteiger partial charge < -0.3 is 4.74 Å². The van der Waals surface area contributed by atoms with Gasteiger partial charge in [-0.25, -0.2) is 0 Å². The molecule has 1 aliphatic rings. The van der Waals surface area contributed by atoms with Crippen LogP contribution in [0, 0.1) is 0 Å². The Bertz CT molecular complexity index is 283. The zero-order valence-electron chi connectivity index (χ0n) is 7.05. The zero-order chi connectivity index (χ0) is 6.81. The van der Waals surface area contributed by atoms with Crippen LogP contribution in [0.5, 0.6) is 5.75 Å². The quantitative estimate of drug-likeness (QED) is 0.468. The third kappa shape index (κ3) is 5.28. The van der Waals surface area contributed by atoms with Gasteiger partial charge in [0, 0.05) is 81.0 Å². The summed E-state index contributed by atoms with van der Waals surface area (Å²) in [6, 6.07) is 8.03. The van der Waals surface area contributed by atoms with Crippen LogP contribution in [0.4, 0.5) is 0 Å². The molecule has 0 aliphatic carbocycles. The summed E-state index contributed by atoms with van der Waals surface area (Å²) in [7, 11) is 0. The second-order valence-corrected chi connectivity index (χ2v) is 2.25. The normalized spacial score (nSPS) is 10.0. The first-order chi connectivity index (χ1) is 4.97. The monoisotopic (exact) mass is 531 g/mol. The number of hydrogen-bond donors (Lipinski definition) is 0. The van der Waals surface area contributed by atoms with Gasteiger partial charge in [0.15, 0.2) is 0 Å². The number of para-hydroxylation sites is 1. The fourth-order valence-corrected chi connectivity index (χ4v) is 1.06. The number of ether oxygens (including phenoxy) is 1. The van der Waals surface area contributed by atoms with Crippen molar-refractivity contribution in [2.24, 2.45) is 0 Å². The molecule has 0 amide bonds. The van der Waals surface area contributed by atoms with Crippen molar-refractivity contribution in [3.8, 4) is 5.75 Å². The van der Waals surface area contributed by atoms with E-state index in [2.05, 4.69) is 6.08 Å². The van der Waals surface area contributed by atoms with E-state index in [0.29, 0.717) is 6.61 Å². The molecule has 0 N–H and O–H groups in total. The molecule has 1 aromatic carbocycles. The van der Waals surface area contributed by atoms with Gasteiger partial charge in [-0.05, 0) is 12.1 Å². The smallest absolute Gasteiger partial charge is 0.126 e. The number of hydrogen-bond acceptors (Lipinski definition) is 1.